The highest BCUT2D eigenvalue weighted by atomic mass is 19.2. The topological polar surface area (TPSA) is 67.4 Å². The molecule has 21 heavy (non-hydrogen) atoms. The van der Waals surface area contributed by atoms with Crippen molar-refractivity contribution in [3.63, 3.8) is 0 Å². The molecule has 2 N–H and O–H groups in total. The highest BCUT2D eigenvalue weighted by Gasteiger charge is 2.26. The zero-order chi connectivity index (χ0) is 15.6. The number of ether oxygens (including phenoxy) is 1. The number of hydrogen-bond acceptors (Lipinski definition) is 4. The normalized spacial score (nSPS) is 15.2. The van der Waals surface area contributed by atoms with Crippen LogP contribution < -0.4 is 10.6 Å². The summed E-state index contributed by atoms with van der Waals surface area (Å²) in [4.78, 5) is 23.0. The largest absolute Gasteiger partial charge is 0.465 e. The van der Waals surface area contributed by atoms with E-state index in [2.05, 4.69) is 15.4 Å². The van der Waals surface area contributed by atoms with Crippen molar-refractivity contribution in [2.24, 2.45) is 0 Å². The Morgan fingerprint density at radius 2 is 1.95 bits per heavy atom. The Kier molecular flexibility index (Phi) is 4.40. The summed E-state index contributed by atoms with van der Waals surface area (Å²) in [6.45, 7) is 1.54. The minimum absolute atomic E-state index is 0.182. The molecule has 0 radical (unpaired) electrons. The first-order valence-corrected chi connectivity index (χ1v) is 6.57. The van der Waals surface area contributed by atoms with E-state index >= 15 is 0 Å². The van der Waals surface area contributed by atoms with Gasteiger partial charge >= 0.3 is 5.97 Å². The second kappa shape index (κ2) is 6.07. The van der Waals surface area contributed by atoms with Crippen molar-refractivity contribution in [2.75, 3.05) is 12.4 Å². The van der Waals surface area contributed by atoms with Gasteiger partial charge in [-0.2, -0.15) is 0 Å². The Labute approximate surface area is 120 Å². The van der Waals surface area contributed by atoms with E-state index in [0.29, 0.717) is 0 Å². The molecular formula is C14H16F2N2O3. The van der Waals surface area contributed by atoms with E-state index in [4.69, 9.17) is 0 Å². The predicted molar refractivity (Wildman–Crippen MR) is 71.9 cm³/mol. The molecule has 0 aromatic heterocycles. The molecular weight excluding hydrogens is 282 g/mol. The van der Waals surface area contributed by atoms with E-state index in [1.807, 2.05) is 0 Å². The summed E-state index contributed by atoms with van der Waals surface area (Å²) < 4.78 is 32.0. The Morgan fingerprint density at radius 3 is 2.52 bits per heavy atom. The standard InChI is InChI=1S/C14H16F2N2O3/c1-7(13(19)18-8-3-4-8)17-10-6-5-9(14(20)21-2)11(15)12(10)16/h5-8,17H,3-4H2,1-2H3,(H,18,19). The van der Waals surface area contributed by atoms with Crippen molar-refractivity contribution in [1.82, 2.24) is 5.32 Å². The van der Waals surface area contributed by atoms with Crippen LogP contribution >= 0.6 is 0 Å². The van der Waals surface area contributed by atoms with Gasteiger partial charge in [0.1, 0.15) is 6.04 Å². The molecule has 1 fully saturated rings. The molecule has 1 aromatic rings. The number of benzene rings is 1. The van der Waals surface area contributed by atoms with Crippen LogP contribution in [0.5, 0.6) is 0 Å². The molecule has 1 unspecified atom stereocenters. The highest BCUT2D eigenvalue weighted by molar-refractivity contribution is 5.90. The molecule has 1 aromatic carbocycles. The summed E-state index contributed by atoms with van der Waals surface area (Å²) in [5, 5.41) is 5.34. The lowest BCUT2D eigenvalue weighted by Crippen LogP contribution is -2.38. The Bertz CT molecular complexity index is 574. The fraction of sp³-hybridized carbons (Fsp3) is 0.429. The van der Waals surface area contributed by atoms with Crippen molar-refractivity contribution in [3.05, 3.63) is 29.3 Å². The van der Waals surface area contributed by atoms with Gasteiger partial charge in [-0.3, -0.25) is 4.79 Å². The molecule has 1 atom stereocenters. The van der Waals surface area contributed by atoms with Crippen LogP contribution in [0.25, 0.3) is 0 Å². The van der Waals surface area contributed by atoms with Crippen LogP contribution in [-0.2, 0) is 9.53 Å². The van der Waals surface area contributed by atoms with Crippen LogP contribution in [-0.4, -0.2) is 31.1 Å². The summed E-state index contributed by atoms with van der Waals surface area (Å²) in [7, 11) is 1.08. The number of nitrogens with one attached hydrogen (secondary N) is 2. The number of carbonyl (C=O) groups is 2. The van der Waals surface area contributed by atoms with Crippen LogP contribution in [0.2, 0.25) is 0 Å². The van der Waals surface area contributed by atoms with Gasteiger partial charge in [-0.1, -0.05) is 0 Å². The van der Waals surface area contributed by atoms with Gasteiger partial charge < -0.3 is 15.4 Å². The zero-order valence-corrected chi connectivity index (χ0v) is 11.7. The number of amides is 1. The third kappa shape index (κ3) is 3.48. The van der Waals surface area contributed by atoms with Crippen LogP contribution in [0.15, 0.2) is 12.1 Å². The molecule has 1 aliphatic carbocycles. The molecule has 0 aliphatic heterocycles. The lowest BCUT2D eigenvalue weighted by atomic mass is 10.1. The summed E-state index contributed by atoms with van der Waals surface area (Å²) in [5.41, 5.74) is -0.672. The zero-order valence-electron chi connectivity index (χ0n) is 11.7. The molecule has 1 amide bonds. The van der Waals surface area contributed by atoms with Crippen LogP contribution in [0, 0.1) is 11.6 Å². The summed E-state index contributed by atoms with van der Waals surface area (Å²) >= 11 is 0. The molecule has 5 nitrogen and oxygen atoms in total. The van der Waals surface area contributed by atoms with Crippen molar-refractivity contribution in [3.8, 4) is 0 Å². The monoisotopic (exact) mass is 298 g/mol. The fourth-order valence-electron chi connectivity index (χ4n) is 1.78. The number of anilines is 1. The Balaban J connectivity index is 2.11. The molecule has 1 aliphatic rings. The van der Waals surface area contributed by atoms with Gasteiger partial charge in [0.15, 0.2) is 11.6 Å². The molecule has 0 bridgehead atoms. The van der Waals surface area contributed by atoms with Gasteiger partial charge in [0, 0.05) is 6.04 Å². The summed E-state index contributed by atoms with van der Waals surface area (Å²) in [6, 6.07) is 1.78. The summed E-state index contributed by atoms with van der Waals surface area (Å²) in [6.07, 6.45) is 1.88. The Hall–Kier alpha value is -2.18. The van der Waals surface area contributed by atoms with Crippen molar-refractivity contribution in [1.29, 1.82) is 0 Å². The van der Waals surface area contributed by atoms with E-state index < -0.39 is 29.2 Å². The van der Waals surface area contributed by atoms with Crippen LogP contribution in [0.1, 0.15) is 30.1 Å². The number of halogens is 2. The number of esters is 1. The number of rotatable bonds is 5. The second-order valence-corrected chi connectivity index (χ2v) is 4.93. The molecule has 0 spiro atoms. The lowest BCUT2D eigenvalue weighted by molar-refractivity contribution is -0.121. The maximum absolute atomic E-state index is 13.9. The molecule has 1 saturated carbocycles. The number of methoxy groups -OCH3 is 1. The second-order valence-electron chi connectivity index (χ2n) is 4.93. The number of hydrogen-bond donors (Lipinski definition) is 2. The first kappa shape index (κ1) is 15.2. The van der Waals surface area contributed by atoms with Gasteiger partial charge in [0.25, 0.3) is 0 Å². The average Bonchev–Trinajstić information content (AvgIpc) is 3.27. The van der Waals surface area contributed by atoms with Gasteiger partial charge in [-0.25, -0.2) is 13.6 Å². The van der Waals surface area contributed by atoms with Gasteiger partial charge in [-0.05, 0) is 31.9 Å². The van der Waals surface area contributed by atoms with Gasteiger partial charge in [-0.15, -0.1) is 0 Å². The summed E-state index contributed by atoms with van der Waals surface area (Å²) in [5.74, 6) is -3.77. The third-order valence-corrected chi connectivity index (χ3v) is 3.18. The van der Waals surface area contributed by atoms with Gasteiger partial charge in [0.05, 0.1) is 18.4 Å². The predicted octanol–water partition coefficient (Wildman–Crippen LogP) is 1.83. The van der Waals surface area contributed by atoms with Crippen molar-refractivity contribution < 1.29 is 23.1 Å². The fourth-order valence-corrected chi connectivity index (χ4v) is 1.78. The van der Waals surface area contributed by atoms with Crippen LogP contribution in [0.3, 0.4) is 0 Å². The van der Waals surface area contributed by atoms with Gasteiger partial charge in [0.2, 0.25) is 5.91 Å². The van der Waals surface area contributed by atoms with E-state index in [1.54, 1.807) is 6.92 Å². The minimum Gasteiger partial charge on any atom is -0.465 e. The molecule has 2 rings (SSSR count). The molecule has 114 valence electrons. The Morgan fingerprint density at radius 1 is 1.29 bits per heavy atom. The number of carbonyl (C=O) groups excluding carboxylic acids is 2. The first-order chi connectivity index (χ1) is 9.93. The van der Waals surface area contributed by atoms with E-state index in [1.165, 1.54) is 6.07 Å². The maximum Gasteiger partial charge on any atom is 0.340 e. The average molecular weight is 298 g/mol. The highest BCUT2D eigenvalue weighted by Crippen LogP contribution is 2.23. The van der Waals surface area contributed by atoms with Crippen LogP contribution in [0.4, 0.5) is 14.5 Å². The van der Waals surface area contributed by atoms with Crippen molar-refractivity contribution >= 4 is 17.6 Å². The molecule has 0 heterocycles. The smallest absolute Gasteiger partial charge is 0.340 e. The van der Waals surface area contributed by atoms with E-state index in [9.17, 15) is 18.4 Å². The van der Waals surface area contributed by atoms with E-state index in [-0.39, 0.29) is 17.6 Å². The molecule has 0 saturated heterocycles. The van der Waals surface area contributed by atoms with Crippen molar-refractivity contribution in [2.45, 2.75) is 31.8 Å². The van der Waals surface area contributed by atoms with E-state index in [0.717, 1.165) is 26.0 Å². The molecule has 7 heteroatoms. The minimum atomic E-state index is -1.30. The quantitative estimate of drug-likeness (QED) is 0.814. The maximum atomic E-state index is 13.9. The lowest BCUT2D eigenvalue weighted by Gasteiger charge is -2.16. The first-order valence-electron chi connectivity index (χ1n) is 6.57. The third-order valence-electron chi connectivity index (χ3n) is 3.18. The SMILES string of the molecule is COC(=O)c1ccc(NC(C)C(=O)NC2CC2)c(F)c1F.